The Morgan fingerprint density at radius 1 is 0.968 bits per heavy atom. The van der Waals surface area contributed by atoms with Crippen molar-refractivity contribution < 1.29 is 23.9 Å². The summed E-state index contributed by atoms with van der Waals surface area (Å²) in [6, 6.07) is 10.1. The fourth-order valence-corrected chi connectivity index (χ4v) is 4.03. The van der Waals surface area contributed by atoms with Crippen molar-refractivity contribution in [3.05, 3.63) is 52.5 Å². The molecule has 0 unspecified atom stereocenters. The highest BCUT2D eigenvalue weighted by atomic mass is 35.5. The molecule has 2 aliphatic heterocycles. The van der Waals surface area contributed by atoms with E-state index < -0.39 is 11.9 Å². The number of nitrogens with zero attached hydrogens (tertiary/aromatic N) is 2. The molecule has 0 N–H and O–H groups in total. The summed E-state index contributed by atoms with van der Waals surface area (Å²) in [4.78, 5) is 51.8. The minimum atomic E-state index is -0.603. The SMILES string of the molecule is Cc1ccc(N2C[C@@H](C(=O)Oc3ccc(N4C(=O)CCC4=O)c(C)c3)CC2=O)cc1Cl. The molecule has 0 aliphatic carbocycles. The van der Waals surface area contributed by atoms with Gasteiger partial charge >= 0.3 is 5.97 Å². The zero-order chi connectivity index (χ0) is 22.3. The van der Waals surface area contributed by atoms with Gasteiger partial charge in [0.2, 0.25) is 17.7 Å². The molecule has 2 fully saturated rings. The van der Waals surface area contributed by atoms with Gasteiger partial charge in [0.1, 0.15) is 5.75 Å². The van der Waals surface area contributed by atoms with E-state index in [9.17, 15) is 19.2 Å². The van der Waals surface area contributed by atoms with Crippen LogP contribution in [0.4, 0.5) is 11.4 Å². The van der Waals surface area contributed by atoms with E-state index in [-0.39, 0.29) is 43.5 Å². The number of imide groups is 1. The van der Waals surface area contributed by atoms with Crippen LogP contribution in [0.5, 0.6) is 5.75 Å². The number of amides is 3. The van der Waals surface area contributed by atoms with Gasteiger partial charge in [-0.3, -0.25) is 24.1 Å². The first kappa shape index (κ1) is 21.1. The van der Waals surface area contributed by atoms with E-state index in [2.05, 4.69) is 0 Å². The maximum atomic E-state index is 12.7. The summed E-state index contributed by atoms with van der Waals surface area (Å²) in [5.74, 6) is -1.45. The van der Waals surface area contributed by atoms with Gasteiger partial charge in [-0.15, -0.1) is 0 Å². The highest BCUT2D eigenvalue weighted by Crippen LogP contribution is 2.32. The summed E-state index contributed by atoms with van der Waals surface area (Å²) in [6.45, 7) is 3.83. The Morgan fingerprint density at radius 3 is 2.32 bits per heavy atom. The average molecular weight is 441 g/mol. The molecule has 0 spiro atoms. The van der Waals surface area contributed by atoms with Gasteiger partial charge < -0.3 is 9.64 Å². The van der Waals surface area contributed by atoms with Crippen LogP contribution >= 0.6 is 11.6 Å². The highest BCUT2D eigenvalue weighted by Gasteiger charge is 2.37. The van der Waals surface area contributed by atoms with E-state index in [1.165, 1.54) is 9.80 Å². The van der Waals surface area contributed by atoms with Crippen LogP contribution < -0.4 is 14.5 Å². The second kappa shape index (κ2) is 8.15. The average Bonchev–Trinajstić information content (AvgIpc) is 3.27. The Hall–Kier alpha value is -3.19. The van der Waals surface area contributed by atoms with Gasteiger partial charge in [-0.25, -0.2) is 0 Å². The van der Waals surface area contributed by atoms with Gasteiger partial charge in [0, 0.05) is 36.5 Å². The molecule has 4 rings (SSSR count). The zero-order valence-corrected chi connectivity index (χ0v) is 17.9. The lowest BCUT2D eigenvalue weighted by atomic mass is 10.1. The predicted molar refractivity (Wildman–Crippen MR) is 115 cm³/mol. The van der Waals surface area contributed by atoms with Crippen molar-refractivity contribution in [2.24, 2.45) is 5.92 Å². The number of halogens is 1. The van der Waals surface area contributed by atoms with Gasteiger partial charge in [-0.05, 0) is 55.3 Å². The van der Waals surface area contributed by atoms with E-state index in [0.717, 1.165) is 5.56 Å². The normalized spacial score (nSPS) is 18.8. The maximum Gasteiger partial charge on any atom is 0.316 e. The molecule has 31 heavy (non-hydrogen) atoms. The van der Waals surface area contributed by atoms with E-state index in [1.54, 1.807) is 37.3 Å². The first-order chi connectivity index (χ1) is 14.7. The Labute approximate surface area is 184 Å². The largest absolute Gasteiger partial charge is 0.426 e. The van der Waals surface area contributed by atoms with Crippen LogP contribution in [-0.4, -0.2) is 30.2 Å². The standard InChI is InChI=1S/C23H21ClN2O5/c1-13-3-4-16(11-18(13)24)25-12-15(10-22(25)29)23(30)31-17-5-6-19(14(2)9-17)26-20(27)7-8-21(26)28/h3-6,9,11,15H,7-8,10,12H2,1-2H3/t15-/m0/s1. The maximum absolute atomic E-state index is 12.7. The third-order valence-electron chi connectivity index (χ3n) is 5.60. The topological polar surface area (TPSA) is 84.0 Å². The lowest BCUT2D eigenvalue weighted by Crippen LogP contribution is -2.29. The lowest BCUT2D eigenvalue weighted by molar-refractivity contribution is -0.139. The van der Waals surface area contributed by atoms with Crippen molar-refractivity contribution in [2.45, 2.75) is 33.1 Å². The van der Waals surface area contributed by atoms with Gasteiger partial charge in [0.15, 0.2) is 0 Å². The number of esters is 1. The molecule has 0 bridgehead atoms. The summed E-state index contributed by atoms with van der Waals surface area (Å²) in [5, 5.41) is 0.557. The first-order valence-corrected chi connectivity index (χ1v) is 10.4. The van der Waals surface area contributed by atoms with Crippen LogP contribution in [-0.2, 0) is 19.2 Å². The van der Waals surface area contributed by atoms with Crippen LogP contribution in [0, 0.1) is 19.8 Å². The third-order valence-corrected chi connectivity index (χ3v) is 6.01. The number of benzene rings is 2. The van der Waals surface area contributed by atoms with Crippen molar-refractivity contribution >= 4 is 46.7 Å². The summed E-state index contributed by atoms with van der Waals surface area (Å²) < 4.78 is 5.49. The molecule has 0 aromatic heterocycles. The summed E-state index contributed by atoms with van der Waals surface area (Å²) in [7, 11) is 0. The number of carbonyl (C=O) groups is 4. The number of aryl methyl sites for hydroxylation is 2. The predicted octanol–water partition coefficient (Wildman–Crippen LogP) is 3.57. The van der Waals surface area contributed by atoms with Gasteiger partial charge in [-0.2, -0.15) is 0 Å². The molecular weight excluding hydrogens is 420 g/mol. The van der Waals surface area contributed by atoms with Crippen LogP contribution in [0.1, 0.15) is 30.4 Å². The first-order valence-electron chi connectivity index (χ1n) is 9.99. The Bertz CT molecular complexity index is 1100. The second-order valence-corrected chi connectivity index (χ2v) is 8.24. The molecule has 2 aromatic carbocycles. The summed E-state index contributed by atoms with van der Waals surface area (Å²) in [6.07, 6.45) is 0.457. The number of anilines is 2. The Morgan fingerprint density at radius 2 is 1.68 bits per heavy atom. The molecule has 8 heteroatoms. The smallest absolute Gasteiger partial charge is 0.316 e. The molecule has 2 heterocycles. The van der Waals surface area contributed by atoms with Crippen molar-refractivity contribution in [2.75, 3.05) is 16.3 Å². The molecule has 160 valence electrons. The molecule has 1 atom stereocenters. The number of rotatable bonds is 4. The number of ether oxygens (including phenoxy) is 1. The molecule has 7 nitrogen and oxygen atoms in total. The monoisotopic (exact) mass is 440 g/mol. The highest BCUT2D eigenvalue weighted by molar-refractivity contribution is 6.31. The fraction of sp³-hybridized carbons (Fsp3) is 0.304. The van der Waals surface area contributed by atoms with Crippen LogP contribution in [0.25, 0.3) is 0 Å². The van der Waals surface area contributed by atoms with Crippen LogP contribution in [0.2, 0.25) is 5.02 Å². The summed E-state index contributed by atoms with van der Waals surface area (Å²) in [5.41, 5.74) is 2.69. The minimum Gasteiger partial charge on any atom is -0.426 e. The molecular formula is C23H21ClN2O5. The minimum absolute atomic E-state index is 0.0537. The van der Waals surface area contributed by atoms with E-state index in [0.29, 0.717) is 27.7 Å². The molecule has 2 saturated heterocycles. The van der Waals surface area contributed by atoms with Crippen LogP contribution in [0.3, 0.4) is 0 Å². The summed E-state index contributed by atoms with van der Waals surface area (Å²) >= 11 is 6.16. The van der Waals surface area contributed by atoms with Gasteiger partial charge in [0.25, 0.3) is 0 Å². The molecule has 2 aliphatic rings. The van der Waals surface area contributed by atoms with Crippen molar-refractivity contribution in [1.29, 1.82) is 0 Å². The van der Waals surface area contributed by atoms with Gasteiger partial charge in [0.05, 0.1) is 11.6 Å². The number of carbonyl (C=O) groups excluding carboxylic acids is 4. The lowest BCUT2D eigenvalue weighted by Gasteiger charge is -2.18. The van der Waals surface area contributed by atoms with Crippen molar-refractivity contribution in [3.8, 4) is 5.75 Å². The molecule has 0 saturated carbocycles. The third kappa shape index (κ3) is 4.05. The number of hydrogen-bond donors (Lipinski definition) is 0. The van der Waals surface area contributed by atoms with E-state index >= 15 is 0 Å². The molecule has 2 aromatic rings. The second-order valence-electron chi connectivity index (χ2n) is 7.83. The van der Waals surface area contributed by atoms with E-state index in [4.69, 9.17) is 16.3 Å². The quantitative estimate of drug-likeness (QED) is 0.412. The number of hydrogen-bond acceptors (Lipinski definition) is 5. The molecule has 3 amide bonds. The Balaban J connectivity index is 1.45. The Kier molecular flexibility index (Phi) is 5.54. The van der Waals surface area contributed by atoms with Crippen molar-refractivity contribution in [3.63, 3.8) is 0 Å². The zero-order valence-electron chi connectivity index (χ0n) is 17.2. The molecule has 0 radical (unpaired) electrons. The van der Waals surface area contributed by atoms with Gasteiger partial charge in [-0.1, -0.05) is 17.7 Å². The van der Waals surface area contributed by atoms with Crippen LogP contribution in [0.15, 0.2) is 36.4 Å². The van der Waals surface area contributed by atoms with E-state index in [1.807, 2.05) is 13.0 Å². The fourth-order valence-electron chi connectivity index (χ4n) is 3.85. The van der Waals surface area contributed by atoms with Crippen molar-refractivity contribution in [1.82, 2.24) is 0 Å².